The molecule has 1 heterocycles. The number of anilines is 1. The van der Waals surface area contributed by atoms with Crippen LogP contribution in [-0.4, -0.2) is 14.9 Å². The summed E-state index contributed by atoms with van der Waals surface area (Å²) in [6.07, 6.45) is 0.771. The van der Waals surface area contributed by atoms with E-state index in [9.17, 15) is 18.9 Å². The molecular formula is C10H7F2N5O3. The Labute approximate surface area is 110 Å². The zero-order chi connectivity index (χ0) is 14.7. The van der Waals surface area contributed by atoms with E-state index in [-0.39, 0.29) is 11.7 Å². The van der Waals surface area contributed by atoms with Gasteiger partial charge in [0.2, 0.25) is 17.5 Å². The van der Waals surface area contributed by atoms with Crippen molar-refractivity contribution in [3.05, 3.63) is 46.1 Å². The number of hydrazine groups is 1. The minimum absolute atomic E-state index is 0.147. The molecule has 0 aliphatic rings. The molecule has 0 saturated heterocycles. The van der Waals surface area contributed by atoms with Crippen molar-refractivity contribution in [3.8, 4) is 11.6 Å². The van der Waals surface area contributed by atoms with E-state index in [1.165, 1.54) is 0 Å². The fourth-order valence-electron chi connectivity index (χ4n) is 1.32. The molecule has 0 unspecified atom stereocenters. The fourth-order valence-corrected chi connectivity index (χ4v) is 1.32. The van der Waals surface area contributed by atoms with Crippen molar-refractivity contribution in [2.24, 2.45) is 5.84 Å². The molecule has 0 radical (unpaired) electrons. The highest BCUT2D eigenvalue weighted by atomic mass is 19.1. The molecule has 0 amide bonds. The van der Waals surface area contributed by atoms with Crippen LogP contribution in [-0.2, 0) is 0 Å². The summed E-state index contributed by atoms with van der Waals surface area (Å²) < 4.78 is 31.4. The third-order valence-corrected chi connectivity index (χ3v) is 2.17. The van der Waals surface area contributed by atoms with Gasteiger partial charge in [0.05, 0.1) is 17.2 Å². The van der Waals surface area contributed by atoms with Crippen molar-refractivity contribution in [1.82, 2.24) is 9.97 Å². The van der Waals surface area contributed by atoms with Crippen LogP contribution in [0.25, 0.3) is 0 Å². The van der Waals surface area contributed by atoms with E-state index in [1.807, 2.05) is 0 Å². The molecule has 0 fully saturated rings. The van der Waals surface area contributed by atoms with Gasteiger partial charge in [0, 0.05) is 0 Å². The smallest absolute Gasteiger partial charge is 0.314 e. The van der Waals surface area contributed by atoms with Gasteiger partial charge in [0.15, 0.2) is 0 Å². The third kappa shape index (κ3) is 2.75. The van der Waals surface area contributed by atoms with Gasteiger partial charge in [0.25, 0.3) is 5.88 Å². The molecule has 10 heteroatoms. The first kappa shape index (κ1) is 13.5. The zero-order valence-corrected chi connectivity index (χ0v) is 9.71. The highest BCUT2D eigenvalue weighted by Crippen LogP contribution is 2.32. The van der Waals surface area contributed by atoms with Gasteiger partial charge in [-0.2, -0.15) is 9.37 Å². The summed E-state index contributed by atoms with van der Waals surface area (Å²) in [6.45, 7) is 0. The number of nitrogens with one attached hydrogen (secondary N) is 1. The van der Waals surface area contributed by atoms with Crippen LogP contribution in [0.4, 0.5) is 20.4 Å². The van der Waals surface area contributed by atoms with Gasteiger partial charge in [-0.15, -0.1) is 0 Å². The second-order valence-electron chi connectivity index (χ2n) is 3.46. The van der Waals surface area contributed by atoms with Crippen LogP contribution in [0.5, 0.6) is 11.6 Å². The number of nitro groups is 1. The average molecular weight is 283 g/mol. The number of nitrogen functional groups attached to an aromatic ring is 1. The first-order valence-electron chi connectivity index (χ1n) is 5.12. The molecular weight excluding hydrogens is 276 g/mol. The molecule has 104 valence electrons. The van der Waals surface area contributed by atoms with Crippen molar-refractivity contribution < 1.29 is 18.4 Å². The molecule has 20 heavy (non-hydrogen) atoms. The molecule has 2 rings (SSSR count). The van der Waals surface area contributed by atoms with E-state index >= 15 is 0 Å². The van der Waals surface area contributed by atoms with E-state index in [0.29, 0.717) is 6.07 Å². The van der Waals surface area contributed by atoms with Crippen LogP contribution >= 0.6 is 0 Å². The lowest BCUT2D eigenvalue weighted by molar-refractivity contribution is -0.385. The normalized spacial score (nSPS) is 10.2. The number of nitrogens with zero attached hydrogens (tertiary/aromatic N) is 3. The molecule has 0 aliphatic carbocycles. The van der Waals surface area contributed by atoms with Crippen LogP contribution in [0.1, 0.15) is 0 Å². The van der Waals surface area contributed by atoms with Gasteiger partial charge >= 0.3 is 5.69 Å². The van der Waals surface area contributed by atoms with E-state index < -0.39 is 28.1 Å². The fraction of sp³-hybridized carbons (Fsp3) is 0. The second kappa shape index (κ2) is 5.40. The predicted octanol–water partition coefficient (Wildman–Crippen LogP) is 1.74. The number of halogens is 2. The Bertz CT molecular complexity index is 667. The molecule has 2 aromatic rings. The first-order valence-corrected chi connectivity index (χ1v) is 5.12. The van der Waals surface area contributed by atoms with Gasteiger partial charge in [-0.1, -0.05) is 0 Å². The maximum Gasteiger partial charge on any atom is 0.314 e. The summed E-state index contributed by atoms with van der Waals surface area (Å²) in [5, 5.41) is 10.8. The standard InChI is InChI=1S/C10H7F2N5O3/c11-5-1-2-8(7(3-5)17(18)19)20-9-6(12)4-14-10(15-9)16-13/h1-4H,13H2,(H,14,15,16). The molecule has 8 nitrogen and oxygen atoms in total. The molecule has 0 aliphatic heterocycles. The predicted molar refractivity (Wildman–Crippen MR) is 62.9 cm³/mol. The number of ether oxygens (including phenoxy) is 1. The molecule has 0 spiro atoms. The van der Waals surface area contributed by atoms with Crippen molar-refractivity contribution in [1.29, 1.82) is 0 Å². The molecule has 0 bridgehead atoms. The van der Waals surface area contributed by atoms with Crippen molar-refractivity contribution >= 4 is 11.6 Å². The minimum Gasteiger partial charge on any atom is -0.429 e. The Morgan fingerprint density at radius 3 is 2.80 bits per heavy atom. The quantitative estimate of drug-likeness (QED) is 0.498. The first-order chi connectivity index (χ1) is 9.51. The maximum atomic E-state index is 13.4. The van der Waals surface area contributed by atoms with Crippen LogP contribution in [0.15, 0.2) is 24.4 Å². The van der Waals surface area contributed by atoms with Gasteiger partial charge in [-0.25, -0.2) is 15.2 Å². The largest absolute Gasteiger partial charge is 0.429 e. The summed E-state index contributed by atoms with van der Waals surface area (Å²) in [7, 11) is 0. The van der Waals surface area contributed by atoms with E-state index in [4.69, 9.17) is 10.6 Å². The number of hydrogen-bond donors (Lipinski definition) is 2. The van der Waals surface area contributed by atoms with Crippen LogP contribution in [0, 0.1) is 21.7 Å². The van der Waals surface area contributed by atoms with Crippen LogP contribution in [0.3, 0.4) is 0 Å². The zero-order valence-electron chi connectivity index (χ0n) is 9.71. The summed E-state index contributed by atoms with van der Waals surface area (Å²) in [6, 6.07) is 2.57. The van der Waals surface area contributed by atoms with Gasteiger partial charge in [-0.3, -0.25) is 15.5 Å². The van der Waals surface area contributed by atoms with Crippen LogP contribution in [0.2, 0.25) is 0 Å². The molecule has 0 atom stereocenters. The highest BCUT2D eigenvalue weighted by Gasteiger charge is 2.19. The second-order valence-corrected chi connectivity index (χ2v) is 3.46. The Kier molecular flexibility index (Phi) is 3.66. The van der Waals surface area contributed by atoms with Gasteiger partial charge in [0.1, 0.15) is 5.82 Å². The third-order valence-electron chi connectivity index (χ3n) is 2.17. The molecule has 1 aromatic carbocycles. The number of hydrogen-bond acceptors (Lipinski definition) is 7. The van der Waals surface area contributed by atoms with E-state index in [0.717, 1.165) is 18.3 Å². The Balaban J connectivity index is 2.42. The number of benzene rings is 1. The topological polar surface area (TPSA) is 116 Å². The van der Waals surface area contributed by atoms with Crippen molar-refractivity contribution in [2.75, 3.05) is 5.43 Å². The summed E-state index contributed by atoms with van der Waals surface area (Å²) in [5.41, 5.74) is 1.40. The summed E-state index contributed by atoms with van der Waals surface area (Å²) in [4.78, 5) is 16.9. The minimum atomic E-state index is -0.956. The number of aromatic nitrogens is 2. The highest BCUT2D eigenvalue weighted by molar-refractivity contribution is 5.48. The summed E-state index contributed by atoms with van der Waals surface area (Å²) in [5.74, 6) is 2.18. The monoisotopic (exact) mass is 283 g/mol. The van der Waals surface area contributed by atoms with Crippen LogP contribution < -0.4 is 16.0 Å². The summed E-state index contributed by atoms with van der Waals surface area (Å²) >= 11 is 0. The molecule has 1 aromatic heterocycles. The van der Waals surface area contributed by atoms with Crippen molar-refractivity contribution in [3.63, 3.8) is 0 Å². The number of rotatable bonds is 4. The van der Waals surface area contributed by atoms with E-state index in [1.54, 1.807) is 0 Å². The molecule has 3 N–H and O–H groups in total. The SMILES string of the molecule is NNc1ncc(F)c(Oc2ccc(F)cc2[N+](=O)[O-])n1. The number of nitrogens with two attached hydrogens (primary N) is 1. The van der Waals surface area contributed by atoms with Gasteiger partial charge in [-0.05, 0) is 12.1 Å². The average Bonchev–Trinajstić information content (AvgIpc) is 2.42. The van der Waals surface area contributed by atoms with E-state index in [2.05, 4.69) is 15.4 Å². The van der Waals surface area contributed by atoms with Crippen molar-refractivity contribution in [2.45, 2.75) is 0 Å². The lowest BCUT2D eigenvalue weighted by Crippen LogP contribution is -2.11. The maximum absolute atomic E-state index is 13.4. The molecule has 0 saturated carbocycles. The lowest BCUT2D eigenvalue weighted by atomic mass is 10.3. The Morgan fingerprint density at radius 1 is 1.40 bits per heavy atom. The van der Waals surface area contributed by atoms with Gasteiger partial charge < -0.3 is 4.74 Å². The lowest BCUT2D eigenvalue weighted by Gasteiger charge is -2.07. The Hall–Kier alpha value is -2.88. The Morgan fingerprint density at radius 2 is 2.15 bits per heavy atom. The number of nitro benzene ring substituents is 1.